The van der Waals surface area contributed by atoms with Crippen LogP contribution in [0.4, 0.5) is 0 Å². The lowest BCUT2D eigenvalue weighted by molar-refractivity contribution is -0.155. The maximum atomic E-state index is 12.7. The fourth-order valence-corrected chi connectivity index (χ4v) is 3.33. The Balaban J connectivity index is 1.69. The third kappa shape index (κ3) is 2.80. The van der Waals surface area contributed by atoms with Crippen molar-refractivity contribution in [2.24, 2.45) is 5.92 Å². The molecule has 0 bridgehead atoms. The van der Waals surface area contributed by atoms with E-state index in [1.54, 1.807) is 4.90 Å². The van der Waals surface area contributed by atoms with Crippen molar-refractivity contribution in [3.63, 3.8) is 0 Å². The van der Waals surface area contributed by atoms with Crippen LogP contribution in [-0.2, 0) is 14.3 Å². The van der Waals surface area contributed by atoms with Crippen LogP contribution in [0.1, 0.15) is 37.2 Å². The van der Waals surface area contributed by atoms with E-state index in [1.807, 2.05) is 18.2 Å². The van der Waals surface area contributed by atoms with Gasteiger partial charge in [-0.25, -0.2) is 4.79 Å². The van der Waals surface area contributed by atoms with E-state index in [9.17, 15) is 9.59 Å². The molecule has 21 heavy (non-hydrogen) atoms. The van der Waals surface area contributed by atoms with Gasteiger partial charge in [-0.2, -0.15) is 0 Å². The summed E-state index contributed by atoms with van der Waals surface area (Å²) in [6, 6.07) is 9.77. The lowest BCUT2D eigenvalue weighted by Gasteiger charge is -2.34. The minimum Gasteiger partial charge on any atom is -0.467 e. The summed E-state index contributed by atoms with van der Waals surface area (Å²) in [6.45, 7) is 0.677. The number of nitrogens with zero attached hydrogens (tertiary/aromatic N) is 1. The minimum atomic E-state index is -0.381. The Morgan fingerprint density at radius 3 is 2.67 bits per heavy atom. The van der Waals surface area contributed by atoms with E-state index >= 15 is 0 Å². The number of benzene rings is 1. The molecule has 1 aromatic rings. The first kappa shape index (κ1) is 14.1. The highest BCUT2D eigenvalue weighted by Gasteiger charge is 2.48. The number of rotatable bonds is 3. The molecule has 4 heteroatoms. The average molecular weight is 287 g/mol. The Morgan fingerprint density at radius 2 is 1.95 bits per heavy atom. The van der Waals surface area contributed by atoms with Gasteiger partial charge >= 0.3 is 5.97 Å². The monoisotopic (exact) mass is 287 g/mol. The van der Waals surface area contributed by atoms with Crippen LogP contribution in [0.2, 0.25) is 0 Å². The number of likely N-dealkylation sites (tertiary alicyclic amines) is 1. The molecule has 0 aromatic heterocycles. The van der Waals surface area contributed by atoms with Gasteiger partial charge in [-0.3, -0.25) is 4.79 Å². The second kappa shape index (κ2) is 5.88. The summed E-state index contributed by atoms with van der Waals surface area (Å²) < 4.78 is 4.85. The van der Waals surface area contributed by atoms with Crippen molar-refractivity contribution in [1.29, 1.82) is 0 Å². The molecule has 1 amide bonds. The van der Waals surface area contributed by atoms with E-state index in [1.165, 1.54) is 12.7 Å². The summed E-state index contributed by atoms with van der Waals surface area (Å²) in [7, 11) is 1.39. The molecule has 3 atom stereocenters. The van der Waals surface area contributed by atoms with Crippen molar-refractivity contribution in [3.8, 4) is 0 Å². The highest BCUT2D eigenvalue weighted by atomic mass is 16.5. The van der Waals surface area contributed by atoms with Crippen molar-refractivity contribution in [2.45, 2.75) is 37.6 Å². The van der Waals surface area contributed by atoms with Gasteiger partial charge in [0.2, 0.25) is 5.91 Å². The number of methoxy groups -OCH3 is 1. The molecular formula is C17H21NO3. The van der Waals surface area contributed by atoms with Crippen LogP contribution in [0.15, 0.2) is 30.3 Å². The van der Waals surface area contributed by atoms with Crippen LogP contribution in [0, 0.1) is 5.92 Å². The van der Waals surface area contributed by atoms with Gasteiger partial charge in [-0.05, 0) is 37.2 Å². The average Bonchev–Trinajstić information content (AvgIpc) is 3.35. The second-order valence-corrected chi connectivity index (χ2v) is 5.93. The van der Waals surface area contributed by atoms with E-state index in [0.717, 1.165) is 25.7 Å². The lowest BCUT2D eigenvalue weighted by atomic mass is 10.0. The number of carbonyl (C=O) groups is 2. The molecule has 0 spiro atoms. The predicted octanol–water partition coefficient (Wildman–Crippen LogP) is 2.34. The molecule has 4 nitrogen and oxygen atoms in total. The number of hydrogen-bond acceptors (Lipinski definition) is 3. The van der Waals surface area contributed by atoms with E-state index in [-0.39, 0.29) is 23.8 Å². The molecule has 1 aromatic carbocycles. The highest BCUT2D eigenvalue weighted by molar-refractivity contribution is 5.88. The Labute approximate surface area is 125 Å². The second-order valence-electron chi connectivity index (χ2n) is 5.93. The zero-order valence-corrected chi connectivity index (χ0v) is 12.3. The molecule has 3 rings (SSSR count). The highest BCUT2D eigenvalue weighted by Crippen LogP contribution is 2.48. The summed E-state index contributed by atoms with van der Waals surface area (Å²) in [6.07, 6.45) is 3.58. The maximum absolute atomic E-state index is 12.7. The number of piperidine rings is 1. The van der Waals surface area contributed by atoms with E-state index in [2.05, 4.69) is 12.1 Å². The molecule has 1 saturated heterocycles. The maximum Gasteiger partial charge on any atom is 0.328 e. The smallest absolute Gasteiger partial charge is 0.328 e. The van der Waals surface area contributed by atoms with Crippen LogP contribution in [0.5, 0.6) is 0 Å². The van der Waals surface area contributed by atoms with Gasteiger partial charge < -0.3 is 9.64 Å². The van der Waals surface area contributed by atoms with Crippen LogP contribution < -0.4 is 0 Å². The number of ether oxygens (including phenoxy) is 1. The first-order chi connectivity index (χ1) is 10.2. The normalized spacial score (nSPS) is 28.0. The van der Waals surface area contributed by atoms with E-state index in [4.69, 9.17) is 4.74 Å². The minimum absolute atomic E-state index is 0.0395. The first-order valence-corrected chi connectivity index (χ1v) is 7.65. The summed E-state index contributed by atoms with van der Waals surface area (Å²) in [5, 5.41) is 0. The Kier molecular flexibility index (Phi) is 3.95. The Morgan fingerprint density at radius 1 is 1.19 bits per heavy atom. The largest absolute Gasteiger partial charge is 0.467 e. The molecule has 1 saturated carbocycles. The molecule has 1 aliphatic heterocycles. The molecular weight excluding hydrogens is 266 g/mol. The zero-order chi connectivity index (χ0) is 14.8. The molecule has 1 aliphatic carbocycles. The molecule has 0 N–H and O–H groups in total. The lowest BCUT2D eigenvalue weighted by Crippen LogP contribution is -2.49. The first-order valence-electron chi connectivity index (χ1n) is 7.65. The van der Waals surface area contributed by atoms with Gasteiger partial charge in [0.05, 0.1) is 7.11 Å². The van der Waals surface area contributed by atoms with Gasteiger partial charge in [0.25, 0.3) is 0 Å². The van der Waals surface area contributed by atoms with Crippen LogP contribution in [0.3, 0.4) is 0 Å². The van der Waals surface area contributed by atoms with Gasteiger partial charge in [-0.15, -0.1) is 0 Å². The topological polar surface area (TPSA) is 46.6 Å². The summed E-state index contributed by atoms with van der Waals surface area (Å²) in [5.74, 6) is 0.204. The van der Waals surface area contributed by atoms with Crippen molar-refractivity contribution >= 4 is 11.9 Å². The van der Waals surface area contributed by atoms with Gasteiger partial charge in [-0.1, -0.05) is 30.3 Å². The fourth-order valence-electron chi connectivity index (χ4n) is 3.33. The van der Waals surface area contributed by atoms with Gasteiger partial charge in [0.15, 0.2) is 0 Å². The SMILES string of the molecule is COC(=O)[C@H]1CCCCN1C(=O)C1CC1c1ccccc1. The predicted molar refractivity (Wildman–Crippen MR) is 78.7 cm³/mol. The summed E-state index contributed by atoms with van der Waals surface area (Å²) in [4.78, 5) is 26.3. The summed E-state index contributed by atoms with van der Waals surface area (Å²) in [5.41, 5.74) is 1.22. The van der Waals surface area contributed by atoms with Crippen molar-refractivity contribution in [2.75, 3.05) is 13.7 Å². The van der Waals surface area contributed by atoms with Crippen molar-refractivity contribution in [3.05, 3.63) is 35.9 Å². The van der Waals surface area contributed by atoms with Crippen LogP contribution in [0.25, 0.3) is 0 Å². The quantitative estimate of drug-likeness (QED) is 0.802. The van der Waals surface area contributed by atoms with E-state index < -0.39 is 0 Å². The third-order valence-corrected chi connectivity index (χ3v) is 4.59. The molecule has 2 unspecified atom stereocenters. The fraction of sp³-hybridized carbons (Fsp3) is 0.529. The van der Waals surface area contributed by atoms with Gasteiger partial charge in [0.1, 0.15) is 6.04 Å². The van der Waals surface area contributed by atoms with Crippen molar-refractivity contribution in [1.82, 2.24) is 4.90 Å². The molecule has 1 heterocycles. The molecule has 112 valence electrons. The van der Waals surface area contributed by atoms with Crippen LogP contribution in [-0.4, -0.2) is 36.5 Å². The summed E-state index contributed by atoms with van der Waals surface area (Å²) >= 11 is 0. The van der Waals surface area contributed by atoms with Crippen LogP contribution >= 0.6 is 0 Å². The number of hydrogen-bond donors (Lipinski definition) is 0. The van der Waals surface area contributed by atoms with Crippen molar-refractivity contribution < 1.29 is 14.3 Å². The molecule has 0 radical (unpaired) electrons. The zero-order valence-electron chi connectivity index (χ0n) is 12.3. The Hall–Kier alpha value is -1.84. The standard InChI is InChI=1S/C17H21NO3/c1-21-17(20)15-9-5-6-10-18(15)16(19)14-11-13(14)12-7-3-2-4-8-12/h2-4,7-8,13-15H,5-6,9-11H2,1H3/t13?,14?,15-/m1/s1. The molecule has 2 aliphatic rings. The number of esters is 1. The van der Waals surface area contributed by atoms with Gasteiger partial charge in [0, 0.05) is 12.5 Å². The Bertz CT molecular complexity index is 528. The van der Waals surface area contributed by atoms with E-state index in [0.29, 0.717) is 12.5 Å². The third-order valence-electron chi connectivity index (χ3n) is 4.59. The molecule has 2 fully saturated rings. The number of carbonyl (C=O) groups excluding carboxylic acids is 2. The number of amides is 1.